The minimum atomic E-state index is -3.87. The zero-order chi connectivity index (χ0) is 17.1. The van der Waals surface area contributed by atoms with E-state index < -0.39 is 27.9 Å². The first-order chi connectivity index (χ1) is 9.90. The molecule has 4 N–H and O–H groups in total. The predicted molar refractivity (Wildman–Crippen MR) is 83.3 cm³/mol. The Morgan fingerprint density at radius 2 is 2.00 bits per heavy atom. The zero-order valence-corrected chi connectivity index (χ0v) is 14.3. The highest BCUT2D eigenvalue weighted by molar-refractivity contribution is 7.91. The molecule has 1 unspecified atom stereocenters. The average Bonchev–Trinajstić information content (AvgIpc) is 2.81. The van der Waals surface area contributed by atoms with Gasteiger partial charge in [0.2, 0.25) is 10.0 Å². The smallest absolute Gasteiger partial charge is 0.326 e. The van der Waals surface area contributed by atoms with Crippen molar-refractivity contribution >= 4 is 33.2 Å². The van der Waals surface area contributed by atoms with Crippen molar-refractivity contribution in [3.05, 3.63) is 17.0 Å². The van der Waals surface area contributed by atoms with Crippen molar-refractivity contribution in [1.29, 1.82) is 0 Å². The summed E-state index contributed by atoms with van der Waals surface area (Å²) in [5.41, 5.74) is 0.0257. The van der Waals surface area contributed by atoms with Gasteiger partial charge in [0.05, 0.1) is 5.56 Å². The van der Waals surface area contributed by atoms with Gasteiger partial charge >= 0.3 is 5.97 Å². The minimum Gasteiger partial charge on any atom is -0.480 e. The third-order valence-corrected chi connectivity index (χ3v) is 5.29. The number of aliphatic carboxylic acids is 1. The lowest BCUT2D eigenvalue weighted by Crippen LogP contribution is -2.41. The van der Waals surface area contributed by atoms with Crippen LogP contribution < -0.4 is 10.5 Å². The number of amides is 1. The third-order valence-electron chi connectivity index (χ3n) is 2.90. The first-order valence-corrected chi connectivity index (χ1v) is 8.98. The Balaban J connectivity index is 2.79. The maximum absolute atomic E-state index is 12.0. The number of nitrogens with two attached hydrogens (primary N) is 1. The summed E-state index contributed by atoms with van der Waals surface area (Å²) < 4.78 is 22.2. The number of hydrogen-bond acceptors (Lipinski definition) is 5. The fourth-order valence-corrected chi connectivity index (χ4v) is 3.25. The Kier molecular flexibility index (Phi) is 5.71. The lowest BCUT2D eigenvalue weighted by Gasteiger charge is -2.21. The molecule has 9 heteroatoms. The van der Waals surface area contributed by atoms with Crippen LogP contribution in [0.3, 0.4) is 0 Å². The van der Waals surface area contributed by atoms with Crippen LogP contribution in [0, 0.1) is 5.41 Å². The SMILES string of the molecule is CC(C)(C)CCC(NC(=O)c1csc(S(N)(=O)=O)c1)C(=O)O. The second kappa shape index (κ2) is 6.76. The number of primary sulfonamides is 1. The third kappa shape index (κ3) is 5.74. The number of carbonyl (C=O) groups is 2. The van der Waals surface area contributed by atoms with Crippen LogP contribution in [-0.4, -0.2) is 31.4 Å². The first-order valence-electron chi connectivity index (χ1n) is 6.55. The molecule has 0 radical (unpaired) electrons. The summed E-state index contributed by atoms with van der Waals surface area (Å²) in [6, 6.07) is 0.113. The van der Waals surface area contributed by atoms with Crippen LogP contribution in [0.25, 0.3) is 0 Å². The number of sulfonamides is 1. The highest BCUT2D eigenvalue weighted by Gasteiger charge is 2.24. The van der Waals surface area contributed by atoms with Crippen molar-refractivity contribution in [1.82, 2.24) is 5.32 Å². The molecule has 124 valence electrons. The molecule has 1 aromatic rings. The van der Waals surface area contributed by atoms with E-state index >= 15 is 0 Å². The highest BCUT2D eigenvalue weighted by Crippen LogP contribution is 2.22. The van der Waals surface area contributed by atoms with E-state index in [2.05, 4.69) is 5.32 Å². The van der Waals surface area contributed by atoms with Crippen LogP contribution in [0.1, 0.15) is 44.0 Å². The van der Waals surface area contributed by atoms with Gasteiger partial charge in [-0.15, -0.1) is 11.3 Å². The lowest BCUT2D eigenvalue weighted by molar-refractivity contribution is -0.139. The van der Waals surface area contributed by atoms with E-state index in [9.17, 15) is 23.1 Å². The number of rotatable bonds is 6. The first kappa shape index (κ1) is 18.6. The molecule has 0 saturated carbocycles. The number of carboxylic acids is 1. The molecule has 7 nitrogen and oxygen atoms in total. The fraction of sp³-hybridized carbons (Fsp3) is 0.538. The van der Waals surface area contributed by atoms with Crippen molar-refractivity contribution in [2.75, 3.05) is 0 Å². The molecule has 1 amide bonds. The van der Waals surface area contributed by atoms with Crippen LogP contribution in [0.15, 0.2) is 15.7 Å². The summed E-state index contributed by atoms with van der Waals surface area (Å²) in [4.78, 5) is 23.2. The van der Waals surface area contributed by atoms with Crippen LogP contribution in [0.5, 0.6) is 0 Å². The summed E-state index contributed by atoms with van der Waals surface area (Å²) in [7, 11) is -3.87. The van der Waals surface area contributed by atoms with E-state index in [1.807, 2.05) is 20.8 Å². The fourth-order valence-electron chi connectivity index (χ4n) is 1.66. The molecule has 0 saturated heterocycles. The zero-order valence-electron chi connectivity index (χ0n) is 12.6. The van der Waals surface area contributed by atoms with Crippen LogP contribution in [0.2, 0.25) is 0 Å². The molecule has 0 aliphatic heterocycles. The Morgan fingerprint density at radius 1 is 1.41 bits per heavy atom. The van der Waals surface area contributed by atoms with E-state index in [1.54, 1.807) is 0 Å². The molecule has 0 aliphatic rings. The number of thiophene rings is 1. The molecule has 1 atom stereocenters. The Hall–Kier alpha value is -1.45. The maximum Gasteiger partial charge on any atom is 0.326 e. The van der Waals surface area contributed by atoms with Gasteiger partial charge in [0, 0.05) is 5.38 Å². The Labute approximate surface area is 133 Å². The Morgan fingerprint density at radius 3 is 2.41 bits per heavy atom. The number of hydrogen-bond donors (Lipinski definition) is 3. The number of nitrogens with one attached hydrogen (secondary N) is 1. The van der Waals surface area contributed by atoms with E-state index in [1.165, 1.54) is 5.38 Å². The predicted octanol–water partition coefficient (Wildman–Crippen LogP) is 1.40. The van der Waals surface area contributed by atoms with Crippen LogP contribution in [0.4, 0.5) is 0 Å². The van der Waals surface area contributed by atoms with Gasteiger partial charge in [-0.05, 0) is 24.3 Å². The molecule has 0 spiro atoms. The molecule has 1 rings (SSSR count). The van der Waals surface area contributed by atoms with Crippen LogP contribution in [-0.2, 0) is 14.8 Å². The maximum atomic E-state index is 12.0. The van der Waals surface area contributed by atoms with E-state index in [0.29, 0.717) is 6.42 Å². The van der Waals surface area contributed by atoms with Crippen molar-refractivity contribution in [2.24, 2.45) is 10.6 Å². The van der Waals surface area contributed by atoms with Gasteiger partial charge in [0.25, 0.3) is 5.91 Å². The molecule has 0 bridgehead atoms. The molecular formula is C13H20N2O5S2. The molecule has 1 aromatic heterocycles. The van der Waals surface area contributed by atoms with E-state index in [0.717, 1.165) is 17.4 Å². The summed E-state index contributed by atoms with van der Waals surface area (Å²) in [5.74, 6) is -1.76. The van der Waals surface area contributed by atoms with Gasteiger partial charge in [-0.25, -0.2) is 18.4 Å². The second-order valence-corrected chi connectivity index (χ2v) is 8.86. The minimum absolute atomic E-state index is 0.0540. The summed E-state index contributed by atoms with van der Waals surface area (Å²) >= 11 is 0.817. The Bertz CT molecular complexity index is 658. The second-order valence-electron chi connectivity index (χ2n) is 6.16. The van der Waals surface area contributed by atoms with Gasteiger partial charge in [0.15, 0.2) is 0 Å². The van der Waals surface area contributed by atoms with Gasteiger partial charge in [-0.1, -0.05) is 20.8 Å². The summed E-state index contributed by atoms with van der Waals surface area (Å²) in [6.07, 6.45) is 0.910. The molecular weight excluding hydrogens is 328 g/mol. The van der Waals surface area contributed by atoms with Crippen molar-refractivity contribution in [3.8, 4) is 0 Å². The topological polar surface area (TPSA) is 127 Å². The van der Waals surface area contributed by atoms with Crippen LogP contribution >= 0.6 is 11.3 Å². The number of carboxylic acid groups (broad SMARTS) is 1. The molecule has 22 heavy (non-hydrogen) atoms. The van der Waals surface area contributed by atoms with Gasteiger partial charge in [-0.3, -0.25) is 4.79 Å². The van der Waals surface area contributed by atoms with E-state index in [4.69, 9.17) is 5.14 Å². The summed E-state index contributed by atoms with van der Waals surface area (Å²) in [6.45, 7) is 5.93. The lowest BCUT2D eigenvalue weighted by atomic mass is 9.88. The van der Waals surface area contributed by atoms with Gasteiger partial charge in [-0.2, -0.15) is 0 Å². The van der Waals surface area contributed by atoms with Gasteiger partial charge in [0.1, 0.15) is 10.3 Å². The average molecular weight is 348 g/mol. The van der Waals surface area contributed by atoms with Crippen molar-refractivity contribution < 1.29 is 23.1 Å². The molecule has 0 aliphatic carbocycles. The largest absolute Gasteiger partial charge is 0.480 e. The van der Waals surface area contributed by atoms with Gasteiger partial charge < -0.3 is 10.4 Å². The van der Waals surface area contributed by atoms with Crippen molar-refractivity contribution in [3.63, 3.8) is 0 Å². The molecule has 1 heterocycles. The monoisotopic (exact) mass is 348 g/mol. The van der Waals surface area contributed by atoms with E-state index in [-0.39, 0.29) is 21.6 Å². The normalized spacial score (nSPS) is 13.6. The molecule has 0 aromatic carbocycles. The highest BCUT2D eigenvalue weighted by atomic mass is 32.2. The quantitative estimate of drug-likeness (QED) is 0.716. The standard InChI is InChI=1S/C13H20N2O5S2/c1-13(2,3)5-4-9(12(17)18)15-11(16)8-6-10(21-7-8)22(14,19)20/h6-7,9H,4-5H2,1-3H3,(H,15,16)(H,17,18)(H2,14,19,20). The number of carbonyl (C=O) groups excluding carboxylic acids is 1. The molecule has 0 fully saturated rings. The van der Waals surface area contributed by atoms with Crippen molar-refractivity contribution in [2.45, 2.75) is 43.9 Å². The summed E-state index contributed by atoms with van der Waals surface area (Å²) in [5, 5.41) is 17.9.